The summed E-state index contributed by atoms with van der Waals surface area (Å²) in [5.41, 5.74) is 3.79. The number of nitrogens with one attached hydrogen (secondary N) is 1. The molecule has 154 valence electrons. The van der Waals surface area contributed by atoms with Crippen LogP contribution in [0.3, 0.4) is 0 Å². The third kappa shape index (κ3) is 3.91. The molecule has 0 spiro atoms. The molecule has 0 bridgehead atoms. The second-order valence-electron chi connectivity index (χ2n) is 7.95. The quantitative estimate of drug-likeness (QED) is 0.364. The van der Waals surface area contributed by atoms with E-state index in [2.05, 4.69) is 10.3 Å². The Bertz CT molecular complexity index is 1180. The molecule has 31 heavy (non-hydrogen) atoms. The molecule has 1 fully saturated rings. The number of hydrogen-bond acceptors (Lipinski definition) is 2. The van der Waals surface area contributed by atoms with Gasteiger partial charge in [-0.1, -0.05) is 65.7 Å². The molecule has 1 N–H and O–H groups in total. The molecule has 3 aromatic carbocycles. The summed E-state index contributed by atoms with van der Waals surface area (Å²) < 4.78 is 0. The highest BCUT2D eigenvalue weighted by atomic mass is 35.5. The van der Waals surface area contributed by atoms with E-state index in [9.17, 15) is 4.79 Å². The molecule has 4 aromatic rings. The van der Waals surface area contributed by atoms with Crippen LogP contribution in [0.25, 0.3) is 10.9 Å². The summed E-state index contributed by atoms with van der Waals surface area (Å²) in [6.45, 7) is 0. The smallest absolute Gasteiger partial charge is 0.228 e. The molecule has 1 aromatic heterocycles. The third-order valence-corrected chi connectivity index (χ3v) is 6.67. The molecule has 1 aliphatic rings. The summed E-state index contributed by atoms with van der Waals surface area (Å²) in [5, 5.41) is 5.54. The number of fused-ring (bicyclic) bond motifs is 1. The molecule has 1 heterocycles. The van der Waals surface area contributed by atoms with E-state index in [0.29, 0.717) is 10.0 Å². The number of para-hydroxylation sites is 1. The topological polar surface area (TPSA) is 42.0 Å². The standard InChI is InChI=1S/C26H20Cl2N2O/c27-19-10-6-16(7-11-19)21-15-22(17-8-12-20(28)13-9-17)24(21)26(31)30-23-5-1-3-18-4-2-14-29-25(18)23/h1-14,21-22,24H,15H2,(H,30,31)/t21-,22+,24?. The van der Waals surface area contributed by atoms with Crippen molar-refractivity contribution in [1.29, 1.82) is 0 Å². The predicted molar refractivity (Wildman–Crippen MR) is 127 cm³/mol. The van der Waals surface area contributed by atoms with Crippen molar-refractivity contribution in [2.24, 2.45) is 5.92 Å². The molecular formula is C26H20Cl2N2O. The van der Waals surface area contributed by atoms with Crippen LogP contribution in [0.4, 0.5) is 5.69 Å². The maximum atomic E-state index is 13.5. The van der Waals surface area contributed by atoms with Crippen LogP contribution in [0.2, 0.25) is 10.0 Å². The van der Waals surface area contributed by atoms with Crippen LogP contribution in [-0.4, -0.2) is 10.9 Å². The molecule has 1 unspecified atom stereocenters. The van der Waals surface area contributed by atoms with Gasteiger partial charge in [0.25, 0.3) is 0 Å². The Morgan fingerprint density at radius 1 is 0.806 bits per heavy atom. The summed E-state index contributed by atoms with van der Waals surface area (Å²) in [6.07, 6.45) is 2.64. The molecule has 5 heteroatoms. The van der Waals surface area contributed by atoms with Gasteiger partial charge >= 0.3 is 0 Å². The molecule has 0 saturated heterocycles. The zero-order chi connectivity index (χ0) is 21.4. The summed E-state index contributed by atoms with van der Waals surface area (Å²) in [4.78, 5) is 18.0. The summed E-state index contributed by atoms with van der Waals surface area (Å²) >= 11 is 12.2. The molecule has 5 rings (SSSR count). The number of aromatic nitrogens is 1. The Kier molecular flexibility index (Phi) is 5.39. The lowest BCUT2D eigenvalue weighted by atomic mass is 9.59. The van der Waals surface area contributed by atoms with Crippen LogP contribution in [-0.2, 0) is 4.79 Å². The van der Waals surface area contributed by atoms with Crippen LogP contribution >= 0.6 is 23.2 Å². The van der Waals surface area contributed by atoms with Gasteiger partial charge in [0.05, 0.1) is 17.1 Å². The van der Waals surface area contributed by atoms with Crippen molar-refractivity contribution in [3.8, 4) is 0 Å². The average molecular weight is 447 g/mol. The Labute approximate surface area is 191 Å². The van der Waals surface area contributed by atoms with E-state index < -0.39 is 0 Å². The molecule has 3 atom stereocenters. The minimum atomic E-state index is -0.193. The van der Waals surface area contributed by atoms with Gasteiger partial charge in [-0.05, 0) is 65.8 Å². The molecule has 0 aliphatic heterocycles. The van der Waals surface area contributed by atoms with Gasteiger partial charge in [-0.2, -0.15) is 0 Å². The molecule has 1 aliphatic carbocycles. The highest BCUT2D eigenvalue weighted by molar-refractivity contribution is 6.30. The number of carbonyl (C=O) groups is 1. The Hall–Kier alpha value is -2.88. The van der Waals surface area contributed by atoms with Crippen molar-refractivity contribution >= 4 is 45.7 Å². The lowest BCUT2D eigenvalue weighted by Gasteiger charge is -2.44. The molecule has 1 saturated carbocycles. The van der Waals surface area contributed by atoms with Gasteiger partial charge in [-0.15, -0.1) is 0 Å². The van der Waals surface area contributed by atoms with Crippen LogP contribution < -0.4 is 5.32 Å². The van der Waals surface area contributed by atoms with Gasteiger partial charge in [-0.3, -0.25) is 9.78 Å². The second-order valence-corrected chi connectivity index (χ2v) is 8.82. The molecular weight excluding hydrogens is 427 g/mol. The van der Waals surface area contributed by atoms with E-state index in [0.717, 1.165) is 34.1 Å². The normalized spacial score (nSPS) is 20.3. The third-order valence-electron chi connectivity index (χ3n) is 6.16. The fraction of sp³-hybridized carbons (Fsp3) is 0.154. The minimum Gasteiger partial charge on any atom is -0.324 e. The lowest BCUT2D eigenvalue weighted by Crippen LogP contribution is -2.42. The van der Waals surface area contributed by atoms with Gasteiger partial charge in [0.15, 0.2) is 0 Å². The number of anilines is 1. The first kappa shape index (κ1) is 20.0. The summed E-state index contributed by atoms with van der Waals surface area (Å²) in [6, 6.07) is 25.3. The number of pyridine rings is 1. The summed E-state index contributed by atoms with van der Waals surface area (Å²) in [5.74, 6) is 0.0624. The first-order chi connectivity index (χ1) is 15.1. The minimum absolute atomic E-state index is 0.00398. The largest absolute Gasteiger partial charge is 0.324 e. The molecule has 3 nitrogen and oxygen atoms in total. The van der Waals surface area contributed by atoms with Crippen molar-refractivity contribution in [2.75, 3.05) is 5.32 Å². The maximum Gasteiger partial charge on any atom is 0.228 e. The fourth-order valence-electron chi connectivity index (χ4n) is 4.54. The van der Waals surface area contributed by atoms with Crippen molar-refractivity contribution in [3.05, 3.63) is 106 Å². The predicted octanol–water partition coefficient (Wildman–Crippen LogP) is 7.07. The van der Waals surface area contributed by atoms with Crippen LogP contribution in [0.5, 0.6) is 0 Å². The first-order valence-corrected chi connectivity index (χ1v) is 11.0. The molecule has 0 radical (unpaired) electrons. The fourth-order valence-corrected chi connectivity index (χ4v) is 4.80. The van der Waals surface area contributed by atoms with Crippen LogP contribution in [0.15, 0.2) is 85.1 Å². The van der Waals surface area contributed by atoms with Crippen molar-refractivity contribution in [1.82, 2.24) is 4.98 Å². The van der Waals surface area contributed by atoms with Crippen molar-refractivity contribution < 1.29 is 4.79 Å². The Balaban J connectivity index is 1.48. The number of carbonyl (C=O) groups excluding carboxylic acids is 1. The van der Waals surface area contributed by atoms with E-state index in [1.807, 2.05) is 78.9 Å². The maximum absolute atomic E-state index is 13.5. The van der Waals surface area contributed by atoms with E-state index in [4.69, 9.17) is 23.2 Å². The van der Waals surface area contributed by atoms with E-state index in [1.165, 1.54) is 0 Å². The van der Waals surface area contributed by atoms with Crippen LogP contribution in [0, 0.1) is 5.92 Å². The Morgan fingerprint density at radius 2 is 1.39 bits per heavy atom. The highest BCUT2D eigenvalue weighted by Gasteiger charge is 2.47. The lowest BCUT2D eigenvalue weighted by molar-refractivity contribution is -0.124. The SMILES string of the molecule is O=C(Nc1cccc2cccnc12)C1[C@@H](c2ccc(Cl)cc2)C[C@H]1c1ccc(Cl)cc1. The molecule has 1 amide bonds. The number of halogens is 2. The average Bonchev–Trinajstić information content (AvgIpc) is 2.76. The van der Waals surface area contributed by atoms with Crippen molar-refractivity contribution in [2.45, 2.75) is 18.3 Å². The highest BCUT2D eigenvalue weighted by Crippen LogP contribution is 2.53. The van der Waals surface area contributed by atoms with Gasteiger partial charge < -0.3 is 5.32 Å². The van der Waals surface area contributed by atoms with E-state index in [-0.39, 0.29) is 23.7 Å². The van der Waals surface area contributed by atoms with Crippen molar-refractivity contribution in [3.63, 3.8) is 0 Å². The Morgan fingerprint density at radius 3 is 2.00 bits per heavy atom. The number of nitrogens with zero attached hydrogens (tertiary/aromatic N) is 1. The first-order valence-electron chi connectivity index (χ1n) is 10.3. The number of rotatable bonds is 4. The van der Waals surface area contributed by atoms with Crippen LogP contribution in [0.1, 0.15) is 29.4 Å². The van der Waals surface area contributed by atoms with Gasteiger partial charge in [0.2, 0.25) is 5.91 Å². The second kappa shape index (κ2) is 8.33. The zero-order valence-corrected chi connectivity index (χ0v) is 18.1. The number of benzene rings is 3. The van der Waals surface area contributed by atoms with Gasteiger partial charge in [0.1, 0.15) is 0 Å². The van der Waals surface area contributed by atoms with E-state index >= 15 is 0 Å². The zero-order valence-electron chi connectivity index (χ0n) is 16.6. The number of amides is 1. The monoisotopic (exact) mass is 446 g/mol. The van der Waals surface area contributed by atoms with Gasteiger partial charge in [0, 0.05) is 21.6 Å². The van der Waals surface area contributed by atoms with E-state index in [1.54, 1.807) is 6.20 Å². The van der Waals surface area contributed by atoms with Gasteiger partial charge in [-0.25, -0.2) is 0 Å². The number of hydrogen-bond donors (Lipinski definition) is 1. The summed E-state index contributed by atoms with van der Waals surface area (Å²) in [7, 11) is 0.